The van der Waals surface area contributed by atoms with Crippen LogP contribution in [-0.2, 0) is 0 Å². The molecule has 0 atom stereocenters. The molecule has 0 saturated carbocycles. The molecule has 0 unspecified atom stereocenters. The number of aromatic nitrogens is 10. The molecule has 0 N–H and O–H groups in total. The quantitative estimate of drug-likeness (QED) is 0.220. The van der Waals surface area contributed by atoms with Crippen molar-refractivity contribution in [1.29, 1.82) is 0 Å². The molecular formula is C32H38N10. The Balaban J connectivity index is 0.000000252. The maximum absolute atomic E-state index is 3.88. The van der Waals surface area contributed by atoms with Gasteiger partial charge in [0.05, 0.1) is 11.9 Å². The molecule has 10 nitrogen and oxygen atoms in total. The van der Waals surface area contributed by atoms with Gasteiger partial charge >= 0.3 is 0 Å². The molecule has 216 valence electrons. The molecular weight excluding hydrogens is 524 g/mol. The number of hydrogen-bond donors (Lipinski definition) is 0. The lowest BCUT2D eigenvalue weighted by molar-refractivity contribution is 0.980. The Labute approximate surface area is 248 Å². The van der Waals surface area contributed by atoms with Crippen LogP contribution in [0.4, 0.5) is 0 Å². The standard InChI is InChI=1S/2C6H7N.4C5H6N2/c1-6-2-4-7-5-3-6;1-6-3-2-4-7-5-6;1-5-2-3-6-4-7-5;1-5-2-3-6-7-4-5;1-5-6-3-2-4-7-5;1-5-3-2-4-6-7-5/h2*2-5H,1H3;4*2-4H,1H3. The van der Waals surface area contributed by atoms with E-state index in [4.69, 9.17) is 0 Å². The van der Waals surface area contributed by atoms with E-state index in [1.165, 1.54) is 17.5 Å². The van der Waals surface area contributed by atoms with Crippen molar-refractivity contribution < 1.29 is 0 Å². The second-order valence-corrected chi connectivity index (χ2v) is 8.49. The predicted molar refractivity (Wildman–Crippen MR) is 165 cm³/mol. The van der Waals surface area contributed by atoms with Crippen LogP contribution in [0.15, 0.2) is 123 Å². The lowest BCUT2D eigenvalue weighted by atomic mass is 10.3. The molecule has 6 heterocycles. The normalized spacial score (nSPS) is 8.71. The molecule has 0 fully saturated rings. The first-order chi connectivity index (χ1) is 20.4. The third-order valence-electron chi connectivity index (χ3n) is 4.52. The van der Waals surface area contributed by atoms with Gasteiger partial charge in [-0.15, -0.1) is 0 Å². The number of rotatable bonds is 0. The first-order valence-corrected chi connectivity index (χ1v) is 13.0. The summed E-state index contributed by atoms with van der Waals surface area (Å²) in [6, 6.07) is 17.2. The van der Waals surface area contributed by atoms with Crippen molar-refractivity contribution >= 4 is 0 Å². The Hall–Kier alpha value is -5.38. The first-order valence-electron chi connectivity index (χ1n) is 13.0. The lowest BCUT2D eigenvalue weighted by Crippen LogP contribution is -1.80. The fourth-order valence-electron chi connectivity index (χ4n) is 2.34. The van der Waals surface area contributed by atoms with Gasteiger partial charge in [0.15, 0.2) is 0 Å². The fourth-order valence-corrected chi connectivity index (χ4v) is 2.34. The van der Waals surface area contributed by atoms with E-state index in [0.717, 1.165) is 22.8 Å². The molecule has 0 aliphatic carbocycles. The average Bonchev–Trinajstić information content (AvgIpc) is 3.01. The number of aryl methyl sites for hydroxylation is 6. The molecule has 6 rings (SSSR count). The second kappa shape index (κ2) is 23.5. The zero-order chi connectivity index (χ0) is 30.7. The molecule has 0 spiro atoms. The zero-order valence-corrected chi connectivity index (χ0v) is 25.0. The largest absolute Gasteiger partial charge is 0.265 e. The highest BCUT2D eigenvalue weighted by atomic mass is 15.1. The number of pyridine rings is 2. The lowest BCUT2D eigenvalue weighted by Gasteiger charge is -1.82. The van der Waals surface area contributed by atoms with Gasteiger partial charge in [-0.25, -0.2) is 19.9 Å². The van der Waals surface area contributed by atoms with Crippen LogP contribution in [0.3, 0.4) is 0 Å². The summed E-state index contributed by atoms with van der Waals surface area (Å²) in [5, 5.41) is 14.6. The van der Waals surface area contributed by atoms with Gasteiger partial charge in [0.1, 0.15) is 12.2 Å². The maximum Gasteiger partial charge on any atom is 0.125 e. The van der Waals surface area contributed by atoms with E-state index in [1.807, 2.05) is 96.3 Å². The summed E-state index contributed by atoms with van der Waals surface area (Å²) < 4.78 is 0. The molecule has 0 radical (unpaired) electrons. The summed E-state index contributed by atoms with van der Waals surface area (Å²) in [6.07, 6.45) is 18.9. The first kappa shape index (κ1) is 34.6. The van der Waals surface area contributed by atoms with Crippen LogP contribution >= 0.6 is 0 Å². The molecule has 0 aromatic carbocycles. The van der Waals surface area contributed by atoms with E-state index in [-0.39, 0.29) is 0 Å². The molecule has 6 aromatic rings. The van der Waals surface area contributed by atoms with Crippen molar-refractivity contribution in [2.45, 2.75) is 41.5 Å². The topological polar surface area (TPSA) is 129 Å². The van der Waals surface area contributed by atoms with Gasteiger partial charge in [-0.3, -0.25) is 9.97 Å². The SMILES string of the molecule is Cc1cccnc1.Cc1cccnn1.Cc1ccncc1.Cc1ccncn1.Cc1ccnnc1.Cc1ncccn1. The number of hydrogen-bond acceptors (Lipinski definition) is 10. The Morgan fingerprint density at radius 1 is 0.405 bits per heavy atom. The van der Waals surface area contributed by atoms with Gasteiger partial charge in [-0.1, -0.05) is 6.07 Å². The van der Waals surface area contributed by atoms with Crippen molar-refractivity contribution in [3.05, 3.63) is 157 Å². The summed E-state index contributed by atoms with van der Waals surface area (Å²) >= 11 is 0. The van der Waals surface area contributed by atoms with Crippen LogP contribution in [-0.4, -0.2) is 50.3 Å². The smallest absolute Gasteiger partial charge is 0.125 e. The molecule has 0 aliphatic heterocycles. The monoisotopic (exact) mass is 562 g/mol. The van der Waals surface area contributed by atoms with Crippen LogP contribution in [0.1, 0.15) is 33.9 Å². The van der Waals surface area contributed by atoms with Crippen molar-refractivity contribution in [2.75, 3.05) is 0 Å². The van der Waals surface area contributed by atoms with Crippen LogP contribution in [0.2, 0.25) is 0 Å². The molecule has 42 heavy (non-hydrogen) atoms. The Kier molecular flexibility index (Phi) is 19.4. The van der Waals surface area contributed by atoms with E-state index in [0.29, 0.717) is 0 Å². The van der Waals surface area contributed by atoms with Crippen LogP contribution < -0.4 is 0 Å². The molecule has 0 saturated heterocycles. The van der Waals surface area contributed by atoms with E-state index in [2.05, 4.69) is 50.3 Å². The van der Waals surface area contributed by atoms with Crippen molar-refractivity contribution in [3.8, 4) is 0 Å². The van der Waals surface area contributed by atoms with Crippen LogP contribution in [0.5, 0.6) is 0 Å². The van der Waals surface area contributed by atoms with E-state index >= 15 is 0 Å². The van der Waals surface area contributed by atoms with Gasteiger partial charge in [0.25, 0.3) is 0 Å². The minimum atomic E-state index is 0.822. The summed E-state index contributed by atoms with van der Waals surface area (Å²) in [4.78, 5) is 23.1. The fraction of sp³-hybridized carbons (Fsp3) is 0.188. The predicted octanol–water partition coefficient (Wildman–Crippen LogP) is 5.92. The van der Waals surface area contributed by atoms with Crippen LogP contribution in [0.25, 0.3) is 0 Å². The molecule has 0 bridgehead atoms. The van der Waals surface area contributed by atoms with E-state index in [1.54, 1.807) is 61.8 Å². The van der Waals surface area contributed by atoms with Gasteiger partial charge in [0, 0.05) is 61.5 Å². The highest BCUT2D eigenvalue weighted by Crippen LogP contribution is 1.89. The van der Waals surface area contributed by atoms with Crippen molar-refractivity contribution in [1.82, 2.24) is 50.3 Å². The summed E-state index contributed by atoms with van der Waals surface area (Å²) in [7, 11) is 0. The van der Waals surface area contributed by atoms with Crippen molar-refractivity contribution in [3.63, 3.8) is 0 Å². The molecule has 0 amide bonds. The molecule has 10 heteroatoms. The Morgan fingerprint density at radius 3 is 1.36 bits per heavy atom. The summed E-state index contributed by atoms with van der Waals surface area (Å²) in [5.41, 5.74) is 5.59. The average molecular weight is 563 g/mol. The molecule has 0 aliphatic rings. The van der Waals surface area contributed by atoms with Gasteiger partial charge in [0.2, 0.25) is 0 Å². The van der Waals surface area contributed by atoms with Gasteiger partial charge in [-0.05, 0) is 107 Å². The Morgan fingerprint density at radius 2 is 1.07 bits per heavy atom. The minimum absolute atomic E-state index is 0.822. The van der Waals surface area contributed by atoms with Gasteiger partial charge in [-0.2, -0.15) is 20.4 Å². The Bertz CT molecular complexity index is 1100. The van der Waals surface area contributed by atoms with Gasteiger partial charge < -0.3 is 0 Å². The second-order valence-electron chi connectivity index (χ2n) is 8.49. The summed E-state index contributed by atoms with van der Waals surface area (Å²) in [5.74, 6) is 0.822. The third-order valence-corrected chi connectivity index (χ3v) is 4.52. The van der Waals surface area contributed by atoms with E-state index < -0.39 is 0 Å². The molecule has 6 aromatic heterocycles. The number of nitrogens with zero attached hydrogens (tertiary/aromatic N) is 10. The van der Waals surface area contributed by atoms with E-state index in [9.17, 15) is 0 Å². The van der Waals surface area contributed by atoms with Crippen molar-refractivity contribution in [2.24, 2.45) is 0 Å². The zero-order valence-electron chi connectivity index (χ0n) is 25.0. The highest BCUT2D eigenvalue weighted by molar-refractivity contribution is 5.06. The maximum atomic E-state index is 3.88. The third kappa shape index (κ3) is 21.5. The minimum Gasteiger partial charge on any atom is -0.265 e. The van der Waals surface area contributed by atoms with Crippen LogP contribution in [0, 0.1) is 41.5 Å². The highest BCUT2D eigenvalue weighted by Gasteiger charge is 1.77. The summed E-state index contributed by atoms with van der Waals surface area (Å²) in [6.45, 7) is 11.7.